The summed E-state index contributed by atoms with van der Waals surface area (Å²) in [4.78, 5) is 24.8. The second-order valence-electron chi connectivity index (χ2n) is 5.47. The van der Waals surface area contributed by atoms with Gasteiger partial charge in [0.05, 0.1) is 30.1 Å². The molecular formula is C18H15N5O3. The van der Waals surface area contributed by atoms with Crippen molar-refractivity contribution in [3.63, 3.8) is 0 Å². The summed E-state index contributed by atoms with van der Waals surface area (Å²) in [5, 5.41) is 18.4. The van der Waals surface area contributed by atoms with Gasteiger partial charge in [-0.15, -0.1) is 0 Å². The number of nitrogens with one attached hydrogen (secondary N) is 2. The van der Waals surface area contributed by atoms with Gasteiger partial charge in [0, 0.05) is 18.8 Å². The Morgan fingerprint density at radius 1 is 1.27 bits per heavy atom. The zero-order chi connectivity index (χ0) is 18.5. The molecule has 0 saturated carbocycles. The van der Waals surface area contributed by atoms with Crippen LogP contribution >= 0.6 is 0 Å². The van der Waals surface area contributed by atoms with Gasteiger partial charge in [-0.1, -0.05) is 6.07 Å². The van der Waals surface area contributed by atoms with Gasteiger partial charge in [-0.05, 0) is 30.3 Å². The van der Waals surface area contributed by atoms with Crippen molar-refractivity contribution in [2.75, 3.05) is 5.32 Å². The van der Waals surface area contributed by atoms with Crippen LogP contribution in [0.15, 0.2) is 53.3 Å². The van der Waals surface area contributed by atoms with Crippen LogP contribution in [0.25, 0.3) is 0 Å². The number of hydrogen-bond acceptors (Lipinski definition) is 5. The quantitative estimate of drug-likeness (QED) is 0.732. The highest BCUT2D eigenvalue weighted by molar-refractivity contribution is 6.08. The Kier molecular flexibility index (Phi) is 4.80. The number of anilines is 1. The predicted molar refractivity (Wildman–Crippen MR) is 92.2 cm³/mol. The molecule has 0 aliphatic heterocycles. The average molecular weight is 349 g/mol. The van der Waals surface area contributed by atoms with Gasteiger partial charge in [-0.3, -0.25) is 14.3 Å². The van der Waals surface area contributed by atoms with Gasteiger partial charge in [0.1, 0.15) is 5.76 Å². The van der Waals surface area contributed by atoms with Crippen molar-refractivity contribution in [1.29, 1.82) is 5.26 Å². The van der Waals surface area contributed by atoms with E-state index in [0.29, 0.717) is 16.9 Å². The highest BCUT2D eigenvalue weighted by Crippen LogP contribution is 2.15. The van der Waals surface area contributed by atoms with Crippen LogP contribution in [0.1, 0.15) is 32.2 Å². The number of furan rings is 1. The number of hydrogen-bond donors (Lipinski definition) is 2. The Hall–Kier alpha value is -3.86. The standard InChI is InChI=1S/C18H15N5O3/c1-23-11-15(21-17(24)13-5-2-4-12(8-13)9-19)16(22-23)18(25)20-10-14-6-3-7-26-14/h2-8,11H,10H2,1H3,(H,20,25)(H,21,24). The minimum atomic E-state index is -0.442. The molecular weight excluding hydrogens is 334 g/mol. The first kappa shape index (κ1) is 17.0. The molecule has 0 spiro atoms. The van der Waals surface area contributed by atoms with Gasteiger partial charge in [0.25, 0.3) is 11.8 Å². The summed E-state index contributed by atoms with van der Waals surface area (Å²) in [5.41, 5.74) is 1.05. The molecule has 3 aromatic rings. The molecule has 8 nitrogen and oxygen atoms in total. The van der Waals surface area contributed by atoms with E-state index in [2.05, 4.69) is 15.7 Å². The fourth-order valence-electron chi connectivity index (χ4n) is 2.34. The molecule has 0 aliphatic rings. The molecule has 2 aromatic heterocycles. The molecule has 2 heterocycles. The maximum Gasteiger partial charge on any atom is 0.274 e. The Balaban J connectivity index is 1.75. The number of aromatic nitrogens is 2. The summed E-state index contributed by atoms with van der Waals surface area (Å²) >= 11 is 0. The van der Waals surface area contributed by atoms with Gasteiger partial charge in [-0.2, -0.15) is 10.4 Å². The van der Waals surface area contributed by atoms with E-state index < -0.39 is 11.8 Å². The van der Waals surface area contributed by atoms with Crippen molar-refractivity contribution in [2.24, 2.45) is 7.05 Å². The maximum atomic E-state index is 12.4. The van der Waals surface area contributed by atoms with Crippen LogP contribution in [0.3, 0.4) is 0 Å². The average Bonchev–Trinajstić information content (AvgIpc) is 3.29. The summed E-state index contributed by atoms with van der Waals surface area (Å²) in [5.74, 6) is -0.272. The maximum absolute atomic E-state index is 12.4. The highest BCUT2D eigenvalue weighted by Gasteiger charge is 2.19. The normalized spacial score (nSPS) is 10.2. The van der Waals surface area contributed by atoms with Crippen LogP contribution in [0, 0.1) is 11.3 Å². The number of rotatable bonds is 5. The molecule has 26 heavy (non-hydrogen) atoms. The minimum Gasteiger partial charge on any atom is -0.467 e. The Morgan fingerprint density at radius 3 is 2.85 bits per heavy atom. The summed E-state index contributed by atoms with van der Waals surface area (Å²) < 4.78 is 6.60. The summed E-state index contributed by atoms with van der Waals surface area (Å²) in [6, 6.07) is 11.7. The molecule has 2 amide bonds. The molecule has 130 valence electrons. The molecule has 0 radical (unpaired) electrons. The SMILES string of the molecule is Cn1cc(NC(=O)c2cccc(C#N)c2)c(C(=O)NCc2ccco2)n1. The van der Waals surface area contributed by atoms with E-state index in [-0.39, 0.29) is 17.9 Å². The van der Waals surface area contributed by atoms with Crippen LogP contribution in [-0.4, -0.2) is 21.6 Å². The molecule has 1 aromatic carbocycles. The van der Waals surface area contributed by atoms with Crippen molar-refractivity contribution in [3.8, 4) is 6.07 Å². The van der Waals surface area contributed by atoms with E-state index in [0.717, 1.165) is 0 Å². The second-order valence-corrected chi connectivity index (χ2v) is 5.47. The summed E-state index contributed by atoms with van der Waals surface area (Å²) in [6.07, 6.45) is 3.05. The zero-order valence-electron chi connectivity index (χ0n) is 13.9. The van der Waals surface area contributed by atoms with E-state index in [1.54, 1.807) is 37.4 Å². The molecule has 0 aliphatic carbocycles. The number of carbonyl (C=O) groups excluding carboxylic acids is 2. The first-order valence-corrected chi connectivity index (χ1v) is 7.72. The fourth-order valence-corrected chi connectivity index (χ4v) is 2.34. The van der Waals surface area contributed by atoms with Crippen molar-refractivity contribution in [1.82, 2.24) is 15.1 Å². The van der Waals surface area contributed by atoms with Crippen LogP contribution in [0.5, 0.6) is 0 Å². The second kappa shape index (κ2) is 7.36. The third-order valence-electron chi connectivity index (χ3n) is 3.55. The lowest BCUT2D eigenvalue weighted by Crippen LogP contribution is -2.25. The van der Waals surface area contributed by atoms with Gasteiger partial charge in [-0.25, -0.2) is 0 Å². The van der Waals surface area contributed by atoms with Gasteiger partial charge in [0.15, 0.2) is 5.69 Å². The molecule has 0 unspecified atom stereocenters. The van der Waals surface area contributed by atoms with Gasteiger partial charge in [0.2, 0.25) is 0 Å². The number of benzene rings is 1. The van der Waals surface area contributed by atoms with Crippen molar-refractivity contribution in [2.45, 2.75) is 6.54 Å². The van der Waals surface area contributed by atoms with E-state index >= 15 is 0 Å². The Morgan fingerprint density at radius 2 is 2.12 bits per heavy atom. The van der Waals surface area contributed by atoms with Gasteiger partial charge < -0.3 is 15.1 Å². The number of aryl methyl sites for hydroxylation is 1. The predicted octanol–water partition coefficient (Wildman–Crippen LogP) is 2.07. The summed E-state index contributed by atoms with van der Waals surface area (Å²) in [7, 11) is 1.65. The lowest BCUT2D eigenvalue weighted by Gasteiger charge is -2.06. The van der Waals surface area contributed by atoms with Crippen molar-refractivity contribution < 1.29 is 14.0 Å². The molecule has 0 atom stereocenters. The molecule has 0 fully saturated rings. The van der Waals surface area contributed by atoms with E-state index in [4.69, 9.17) is 9.68 Å². The van der Waals surface area contributed by atoms with Gasteiger partial charge >= 0.3 is 0 Å². The zero-order valence-corrected chi connectivity index (χ0v) is 13.9. The first-order chi connectivity index (χ1) is 12.6. The highest BCUT2D eigenvalue weighted by atomic mass is 16.3. The van der Waals surface area contributed by atoms with E-state index in [9.17, 15) is 9.59 Å². The number of amides is 2. The lowest BCUT2D eigenvalue weighted by atomic mass is 10.1. The van der Waals surface area contributed by atoms with Crippen LogP contribution < -0.4 is 10.6 Å². The van der Waals surface area contributed by atoms with E-state index in [1.807, 2.05) is 6.07 Å². The van der Waals surface area contributed by atoms with Crippen LogP contribution in [-0.2, 0) is 13.6 Å². The molecule has 2 N–H and O–H groups in total. The minimum absolute atomic E-state index is 0.0869. The molecule has 0 saturated heterocycles. The molecule has 3 rings (SSSR count). The van der Waals surface area contributed by atoms with E-state index in [1.165, 1.54) is 23.2 Å². The summed E-state index contributed by atoms with van der Waals surface area (Å²) in [6.45, 7) is 0.208. The Bertz CT molecular complexity index is 983. The van der Waals surface area contributed by atoms with Crippen LogP contribution in [0.2, 0.25) is 0 Å². The molecule has 8 heteroatoms. The number of nitrogens with zero attached hydrogens (tertiary/aromatic N) is 3. The van der Waals surface area contributed by atoms with Crippen LogP contribution in [0.4, 0.5) is 5.69 Å². The lowest BCUT2D eigenvalue weighted by molar-refractivity contribution is 0.0943. The monoisotopic (exact) mass is 349 g/mol. The first-order valence-electron chi connectivity index (χ1n) is 7.72. The fraction of sp³-hybridized carbons (Fsp3) is 0.111. The third-order valence-corrected chi connectivity index (χ3v) is 3.55. The number of nitriles is 1. The number of carbonyl (C=O) groups is 2. The van der Waals surface area contributed by atoms with Crippen molar-refractivity contribution in [3.05, 3.63) is 71.4 Å². The van der Waals surface area contributed by atoms with Crippen molar-refractivity contribution >= 4 is 17.5 Å². The third kappa shape index (κ3) is 3.79. The Labute approximate surface area is 149 Å². The topological polar surface area (TPSA) is 113 Å². The largest absolute Gasteiger partial charge is 0.467 e. The molecule has 0 bridgehead atoms. The smallest absolute Gasteiger partial charge is 0.274 e.